The second-order valence-corrected chi connectivity index (χ2v) is 13.5. The van der Waals surface area contributed by atoms with Crippen LogP contribution in [0.15, 0.2) is 71.9 Å². The highest BCUT2D eigenvalue weighted by atomic mass is 32.2. The highest BCUT2D eigenvalue weighted by Crippen LogP contribution is 2.40. The van der Waals surface area contributed by atoms with Crippen molar-refractivity contribution >= 4 is 44.5 Å². The van der Waals surface area contributed by atoms with Crippen LogP contribution in [0.1, 0.15) is 24.8 Å². The molecule has 1 aliphatic rings. The standard InChI is InChI=1S/C32H31F2N7O4S2/c1-19(2)31-39-28(20-6-4-7-21(16-20)40-47(42,43)30-22(33)8-5-9-23(30)34)29(46-31)24-10-11-35-32(37-24)38-25-18-36-27(17-26(25)44-3)41-12-14-45-15-13-41/h4-11,16-19,40H,12-15H2,1-3H3,(H,35,37,38). The van der Waals surface area contributed by atoms with E-state index in [0.717, 1.165) is 47.0 Å². The van der Waals surface area contributed by atoms with Crippen LogP contribution in [0.25, 0.3) is 21.8 Å². The summed E-state index contributed by atoms with van der Waals surface area (Å²) in [6.45, 7) is 6.79. The SMILES string of the molecule is COc1cc(N2CCOCC2)ncc1Nc1nccc(-c2sc(C(C)C)nc2-c2cccc(NS(=O)(=O)c3c(F)cccc3F)c2)n1. The van der Waals surface area contributed by atoms with Gasteiger partial charge in [-0.3, -0.25) is 4.72 Å². The molecule has 0 bridgehead atoms. The van der Waals surface area contributed by atoms with Crippen molar-refractivity contribution in [1.82, 2.24) is 19.9 Å². The lowest BCUT2D eigenvalue weighted by Gasteiger charge is -2.28. The number of nitrogens with one attached hydrogen (secondary N) is 2. The largest absolute Gasteiger partial charge is 0.494 e. The second-order valence-electron chi connectivity index (χ2n) is 10.9. The summed E-state index contributed by atoms with van der Waals surface area (Å²) >= 11 is 1.46. The van der Waals surface area contributed by atoms with Gasteiger partial charge < -0.3 is 19.7 Å². The molecule has 1 aliphatic heterocycles. The van der Waals surface area contributed by atoms with Gasteiger partial charge in [0.05, 0.1) is 47.8 Å². The van der Waals surface area contributed by atoms with Gasteiger partial charge in [-0.1, -0.05) is 32.0 Å². The van der Waals surface area contributed by atoms with Gasteiger partial charge in [0.2, 0.25) is 5.95 Å². The first-order valence-electron chi connectivity index (χ1n) is 14.7. The third-order valence-corrected chi connectivity index (χ3v) is 10.1. The van der Waals surface area contributed by atoms with E-state index in [9.17, 15) is 17.2 Å². The Hall–Kier alpha value is -4.73. The van der Waals surface area contributed by atoms with Gasteiger partial charge in [0.1, 0.15) is 28.9 Å². The van der Waals surface area contributed by atoms with Gasteiger partial charge in [-0.15, -0.1) is 11.3 Å². The van der Waals surface area contributed by atoms with Crippen LogP contribution in [-0.4, -0.2) is 61.8 Å². The second kappa shape index (κ2) is 13.6. The number of morpholine rings is 1. The highest BCUT2D eigenvalue weighted by molar-refractivity contribution is 7.92. The Labute approximate surface area is 274 Å². The summed E-state index contributed by atoms with van der Waals surface area (Å²) < 4.78 is 67.9. The molecule has 2 N–H and O–H groups in total. The van der Waals surface area contributed by atoms with E-state index in [0.29, 0.717) is 47.6 Å². The van der Waals surface area contributed by atoms with Gasteiger partial charge in [-0.2, -0.15) is 0 Å². The average Bonchev–Trinajstić information content (AvgIpc) is 3.52. The first-order chi connectivity index (χ1) is 22.6. The van der Waals surface area contributed by atoms with Crippen LogP contribution in [0.4, 0.5) is 31.9 Å². The van der Waals surface area contributed by atoms with E-state index in [1.807, 2.05) is 19.9 Å². The number of sulfonamides is 1. The summed E-state index contributed by atoms with van der Waals surface area (Å²) in [5, 5.41) is 4.05. The lowest BCUT2D eigenvalue weighted by molar-refractivity contribution is 0.122. The number of hydrogen-bond acceptors (Lipinski definition) is 11. The first-order valence-corrected chi connectivity index (χ1v) is 17.0. The molecule has 15 heteroatoms. The topological polar surface area (TPSA) is 131 Å². The van der Waals surface area contributed by atoms with E-state index < -0.39 is 26.6 Å². The zero-order chi connectivity index (χ0) is 33.1. The number of pyridine rings is 1. The third kappa shape index (κ3) is 7.01. The fourth-order valence-electron chi connectivity index (χ4n) is 4.95. The lowest BCUT2D eigenvalue weighted by atomic mass is 10.1. The summed E-state index contributed by atoms with van der Waals surface area (Å²) in [4.78, 5) is 20.5. The molecule has 11 nitrogen and oxygen atoms in total. The minimum absolute atomic E-state index is 0.0953. The molecule has 0 amide bonds. The maximum atomic E-state index is 14.3. The molecule has 0 spiro atoms. The van der Waals surface area contributed by atoms with Crippen LogP contribution in [-0.2, 0) is 14.8 Å². The van der Waals surface area contributed by atoms with Gasteiger partial charge in [-0.25, -0.2) is 37.1 Å². The maximum Gasteiger partial charge on any atom is 0.267 e. The molecule has 5 aromatic rings. The van der Waals surface area contributed by atoms with E-state index in [1.165, 1.54) is 17.4 Å². The summed E-state index contributed by atoms with van der Waals surface area (Å²) in [5.41, 5.74) is 2.42. The monoisotopic (exact) mass is 679 g/mol. The molecule has 2 aromatic carbocycles. The minimum Gasteiger partial charge on any atom is -0.494 e. The van der Waals surface area contributed by atoms with Crippen molar-refractivity contribution in [2.75, 3.05) is 48.4 Å². The molecule has 3 aromatic heterocycles. The number of methoxy groups -OCH3 is 1. The Balaban J connectivity index is 1.31. The zero-order valence-corrected chi connectivity index (χ0v) is 27.3. The predicted octanol–water partition coefficient (Wildman–Crippen LogP) is 6.45. The number of benzene rings is 2. The maximum absolute atomic E-state index is 14.3. The summed E-state index contributed by atoms with van der Waals surface area (Å²) in [6.07, 6.45) is 3.30. The molecular weight excluding hydrogens is 649 g/mol. The molecule has 47 heavy (non-hydrogen) atoms. The quantitative estimate of drug-likeness (QED) is 0.170. The highest BCUT2D eigenvalue weighted by Gasteiger charge is 2.25. The van der Waals surface area contributed by atoms with Gasteiger partial charge in [0.25, 0.3) is 10.0 Å². The van der Waals surface area contributed by atoms with Crippen molar-refractivity contribution in [1.29, 1.82) is 0 Å². The summed E-state index contributed by atoms with van der Waals surface area (Å²) in [6, 6.07) is 13.0. The smallest absolute Gasteiger partial charge is 0.267 e. The molecule has 0 saturated carbocycles. The van der Waals surface area contributed by atoms with Crippen LogP contribution in [0.2, 0.25) is 0 Å². The number of anilines is 4. The number of rotatable bonds is 10. The van der Waals surface area contributed by atoms with Gasteiger partial charge in [-0.05, 0) is 30.3 Å². The number of hydrogen-bond donors (Lipinski definition) is 2. The minimum atomic E-state index is -4.56. The van der Waals surface area contributed by atoms with E-state index in [-0.39, 0.29) is 11.6 Å². The van der Waals surface area contributed by atoms with Crippen LogP contribution < -0.4 is 19.7 Å². The van der Waals surface area contributed by atoms with Crippen LogP contribution >= 0.6 is 11.3 Å². The molecule has 0 aliphatic carbocycles. The first kappa shape index (κ1) is 32.2. The van der Waals surface area contributed by atoms with Crippen molar-refractivity contribution in [3.8, 4) is 27.6 Å². The van der Waals surface area contributed by atoms with Crippen molar-refractivity contribution in [2.45, 2.75) is 24.7 Å². The Bertz CT molecular complexity index is 2000. The van der Waals surface area contributed by atoms with E-state index >= 15 is 0 Å². The molecule has 4 heterocycles. The number of aromatic nitrogens is 4. The van der Waals surface area contributed by atoms with Crippen molar-refractivity contribution in [2.24, 2.45) is 0 Å². The van der Waals surface area contributed by atoms with Gasteiger partial charge in [0.15, 0.2) is 4.90 Å². The fourth-order valence-corrected chi connectivity index (χ4v) is 7.20. The van der Waals surface area contributed by atoms with Gasteiger partial charge in [0, 0.05) is 42.5 Å². The third-order valence-electron chi connectivity index (χ3n) is 7.25. The molecule has 244 valence electrons. The molecular formula is C32H31F2N7O4S2. The van der Waals surface area contributed by atoms with Crippen molar-refractivity contribution in [3.63, 3.8) is 0 Å². The number of nitrogens with zero attached hydrogens (tertiary/aromatic N) is 5. The molecule has 0 atom stereocenters. The Morgan fingerprint density at radius 1 is 1.00 bits per heavy atom. The number of thiazole rings is 1. The zero-order valence-electron chi connectivity index (χ0n) is 25.7. The Morgan fingerprint density at radius 2 is 1.74 bits per heavy atom. The fraction of sp³-hybridized carbons (Fsp3) is 0.250. The lowest BCUT2D eigenvalue weighted by Crippen LogP contribution is -2.36. The van der Waals surface area contributed by atoms with Gasteiger partial charge >= 0.3 is 0 Å². The van der Waals surface area contributed by atoms with Crippen molar-refractivity contribution < 1.29 is 26.7 Å². The van der Waals surface area contributed by atoms with E-state index in [2.05, 4.69) is 24.9 Å². The molecule has 0 radical (unpaired) electrons. The normalized spacial score (nSPS) is 13.5. The molecule has 1 saturated heterocycles. The summed E-state index contributed by atoms with van der Waals surface area (Å²) in [7, 11) is -2.98. The Morgan fingerprint density at radius 3 is 2.47 bits per heavy atom. The summed E-state index contributed by atoms with van der Waals surface area (Å²) in [5.74, 6) is -0.619. The molecule has 1 fully saturated rings. The van der Waals surface area contributed by atoms with Crippen LogP contribution in [0.5, 0.6) is 5.75 Å². The Kier molecular flexibility index (Phi) is 9.29. The van der Waals surface area contributed by atoms with E-state index in [4.69, 9.17) is 19.4 Å². The van der Waals surface area contributed by atoms with Crippen molar-refractivity contribution in [3.05, 3.63) is 83.6 Å². The van der Waals surface area contributed by atoms with E-state index in [1.54, 1.807) is 43.8 Å². The van der Waals surface area contributed by atoms with Crippen LogP contribution in [0.3, 0.4) is 0 Å². The average molecular weight is 680 g/mol. The number of halogens is 2. The van der Waals surface area contributed by atoms with Crippen LogP contribution in [0, 0.1) is 11.6 Å². The molecule has 6 rings (SSSR count). The predicted molar refractivity (Wildman–Crippen MR) is 177 cm³/mol. The number of ether oxygens (including phenoxy) is 2. The molecule has 0 unspecified atom stereocenters.